The summed E-state index contributed by atoms with van der Waals surface area (Å²) < 4.78 is 1.65. The van der Waals surface area contributed by atoms with Gasteiger partial charge in [0.2, 0.25) is 0 Å². The van der Waals surface area contributed by atoms with E-state index < -0.39 is 5.97 Å². The van der Waals surface area contributed by atoms with Crippen LogP contribution in [0.4, 0.5) is 11.4 Å². The van der Waals surface area contributed by atoms with Crippen molar-refractivity contribution in [2.75, 3.05) is 5.32 Å². The van der Waals surface area contributed by atoms with Crippen LogP contribution in [0.1, 0.15) is 15.9 Å². The van der Waals surface area contributed by atoms with Crippen LogP contribution in [0.15, 0.2) is 30.6 Å². The van der Waals surface area contributed by atoms with E-state index in [1.807, 2.05) is 13.0 Å². The summed E-state index contributed by atoms with van der Waals surface area (Å²) in [5.74, 6) is -0.944. The number of benzene rings is 1. The highest BCUT2D eigenvalue weighted by Gasteiger charge is 2.12. The van der Waals surface area contributed by atoms with Gasteiger partial charge in [0.1, 0.15) is 0 Å². The summed E-state index contributed by atoms with van der Waals surface area (Å²) in [6.45, 7) is 1.87. The van der Waals surface area contributed by atoms with Crippen LogP contribution in [0.2, 0.25) is 0 Å². The highest BCUT2D eigenvalue weighted by Crippen LogP contribution is 2.24. The van der Waals surface area contributed by atoms with Gasteiger partial charge >= 0.3 is 5.97 Å². The van der Waals surface area contributed by atoms with Gasteiger partial charge in [0.25, 0.3) is 0 Å². The van der Waals surface area contributed by atoms with Crippen LogP contribution in [-0.4, -0.2) is 20.9 Å². The first-order valence-corrected chi connectivity index (χ1v) is 5.16. The van der Waals surface area contributed by atoms with Crippen molar-refractivity contribution in [2.45, 2.75) is 6.92 Å². The number of anilines is 2. The van der Waals surface area contributed by atoms with Crippen LogP contribution < -0.4 is 5.32 Å². The van der Waals surface area contributed by atoms with Gasteiger partial charge in [-0.25, -0.2) is 4.79 Å². The number of nitrogens with one attached hydrogen (secondary N) is 1. The molecular formula is C12H13N3O2. The number of carboxylic acid groups (broad SMARTS) is 1. The molecule has 17 heavy (non-hydrogen) atoms. The van der Waals surface area contributed by atoms with E-state index in [1.165, 1.54) is 0 Å². The SMILES string of the molecule is Cc1cccc(C(=O)O)c1Nc1cnn(C)c1. The molecule has 0 unspecified atom stereocenters. The largest absolute Gasteiger partial charge is 0.478 e. The number of para-hydroxylation sites is 1. The van der Waals surface area contributed by atoms with Crippen LogP contribution in [0.25, 0.3) is 0 Å². The number of carboxylic acids is 1. The molecule has 1 heterocycles. The summed E-state index contributed by atoms with van der Waals surface area (Å²) in [6.07, 6.45) is 3.44. The van der Waals surface area contributed by atoms with E-state index in [0.29, 0.717) is 5.69 Å². The van der Waals surface area contributed by atoms with Crippen LogP contribution >= 0.6 is 0 Å². The molecule has 1 aromatic carbocycles. The second kappa shape index (κ2) is 4.29. The molecular weight excluding hydrogens is 218 g/mol. The van der Waals surface area contributed by atoms with Crippen molar-refractivity contribution in [3.8, 4) is 0 Å². The van der Waals surface area contributed by atoms with Crippen LogP contribution in [-0.2, 0) is 7.05 Å². The zero-order valence-corrected chi connectivity index (χ0v) is 9.64. The lowest BCUT2D eigenvalue weighted by Gasteiger charge is -2.10. The predicted octanol–water partition coefficient (Wildman–Crippen LogP) is 2.17. The number of aromatic nitrogens is 2. The van der Waals surface area contributed by atoms with Crippen LogP contribution in [0.3, 0.4) is 0 Å². The molecule has 0 bridgehead atoms. The molecule has 2 rings (SSSR count). The third-order valence-electron chi connectivity index (χ3n) is 2.48. The topological polar surface area (TPSA) is 67.2 Å². The van der Waals surface area contributed by atoms with Crippen LogP contribution in [0, 0.1) is 6.92 Å². The molecule has 0 saturated heterocycles. The molecule has 0 spiro atoms. The maximum Gasteiger partial charge on any atom is 0.337 e. The number of hydrogen-bond acceptors (Lipinski definition) is 3. The lowest BCUT2D eigenvalue weighted by molar-refractivity contribution is 0.0698. The molecule has 5 nitrogen and oxygen atoms in total. The molecule has 0 aliphatic heterocycles. The molecule has 0 atom stereocenters. The molecule has 0 aliphatic rings. The number of aromatic carboxylic acids is 1. The smallest absolute Gasteiger partial charge is 0.337 e. The maximum absolute atomic E-state index is 11.1. The summed E-state index contributed by atoms with van der Waals surface area (Å²) in [5, 5.41) is 16.2. The Kier molecular flexibility index (Phi) is 2.82. The highest BCUT2D eigenvalue weighted by atomic mass is 16.4. The molecule has 88 valence electrons. The Hall–Kier alpha value is -2.30. The number of nitrogens with zero attached hydrogens (tertiary/aromatic N) is 2. The van der Waals surface area contributed by atoms with Crippen molar-refractivity contribution in [2.24, 2.45) is 7.05 Å². The quantitative estimate of drug-likeness (QED) is 0.849. The maximum atomic E-state index is 11.1. The Balaban J connectivity index is 2.40. The molecule has 2 N–H and O–H groups in total. The van der Waals surface area contributed by atoms with Crippen LogP contribution in [0.5, 0.6) is 0 Å². The van der Waals surface area contributed by atoms with Gasteiger partial charge in [-0.1, -0.05) is 12.1 Å². The zero-order chi connectivity index (χ0) is 12.4. The van der Waals surface area contributed by atoms with Gasteiger partial charge in [-0.3, -0.25) is 4.68 Å². The van der Waals surface area contributed by atoms with Crippen molar-refractivity contribution in [1.29, 1.82) is 0 Å². The van der Waals surface area contributed by atoms with E-state index >= 15 is 0 Å². The normalized spacial score (nSPS) is 10.2. The molecule has 0 aliphatic carbocycles. The fourth-order valence-electron chi connectivity index (χ4n) is 1.64. The first-order valence-electron chi connectivity index (χ1n) is 5.16. The lowest BCUT2D eigenvalue weighted by Crippen LogP contribution is -2.04. The standard InChI is InChI=1S/C12H13N3O2/c1-8-4-3-5-10(12(16)17)11(8)14-9-6-13-15(2)7-9/h3-7,14H,1-2H3,(H,16,17). The second-order valence-corrected chi connectivity index (χ2v) is 3.83. The third kappa shape index (κ3) is 2.28. The van der Waals surface area contributed by atoms with Crippen molar-refractivity contribution in [1.82, 2.24) is 9.78 Å². The number of aryl methyl sites for hydroxylation is 2. The summed E-state index contributed by atoms with van der Waals surface area (Å²) in [6, 6.07) is 5.17. The Morgan fingerprint density at radius 1 is 1.47 bits per heavy atom. The van der Waals surface area contributed by atoms with E-state index in [1.54, 1.807) is 36.3 Å². The summed E-state index contributed by atoms with van der Waals surface area (Å²) in [5.41, 5.74) is 2.51. The van der Waals surface area contributed by atoms with E-state index in [-0.39, 0.29) is 5.56 Å². The van der Waals surface area contributed by atoms with Crippen molar-refractivity contribution in [3.05, 3.63) is 41.7 Å². The van der Waals surface area contributed by atoms with Gasteiger partial charge in [0, 0.05) is 13.2 Å². The summed E-state index contributed by atoms with van der Waals surface area (Å²) in [7, 11) is 1.81. The van der Waals surface area contributed by atoms with Gasteiger partial charge in [-0.15, -0.1) is 0 Å². The average Bonchev–Trinajstić information content (AvgIpc) is 2.67. The summed E-state index contributed by atoms with van der Waals surface area (Å²) >= 11 is 0. The Labute approximate surface area is 98.7 Å². The molecule has 5 heteroatoms. The van der Waals surface area contributed by atoms with Crippen molar-refractivity contribution < 1.29 is 9.90 Å². The minimum Gasteiger partial charge on any atom is -0.478 e. The minimum absolute atomic E-state index is 0.258. The van der Waals surface area contributed by atoms with Gasteiger partial charge in [0.05, 0.1) is 23.1 Å². The summed E-state index contributed by atoms with van der Waals surface area (Å²) in [4.78, 5) is 11.1. The molecule has 0 amide bonds. The predicted molar refractivity (Wildman–Crippen MR) is 64.6 cm³/mol. The van der Waals surface area contributed by atoms with E-state index in [9.17, 15) is 4.79 Å². The lowest BCUT2D eigenvalue weighted by atomic mass is 10.1. The molecule has 2 aromatic rings. The van der Waals surface area contributed by atoms with E-state index in [4.69, 9.17) is 5.11 Å². The average molecular weight is 231 g/mol. The highest BCUT2D eigenvalue weighted by molar-refractivity contribution is 5.96. The zero-order valence-electron chi connectivity index (χ0n) is 9.64. The molecule has 0 radical (unpaired) electrons. The number of hydrogen-bond donors (Lipinski definition) is 2. The van der Waals surface area contributed by atoms with Crippen molar-refractivity contribution in [3.63, 3.8) is 0 Å². The van der Waals surface area contributed by atoms with Gasteiger partial charge < -0.3 is 10.4 Å². The van der Waals surface area contributed by atoms with Crippen molar-refractivity contribution >= 4 is 17.3 Å². The number of carbonyl (C=O) groups is 1. The monoisotopic (exact) mass is 231 g/mol. The third-order valence-corrected chi connectivity index (χ3v) is 2.48. The Morgan fingerprint density at radius 3 is 2.82 bits per heavy atom. The fourth-order valence-corrected chi connectivity index (χ4v) is 1.64. The molecule has 0 saturated carbocycles. The first-order chi connectivity index (χ1) is 8.08. The second-order valence-electron chi connectivity index (χ2n) is 3.83. The van der Waals surface area contributed by atoms with E-state index in [0.717, 1.165) is 11.3 Å². The fraction of sp³-hybridized carbons (Fsp3) is 0.167. The Morgan fingerprint density at radius 2 is 2.24 bits per heavy atom. The number of rotatable bonds is 3. The van der Waals surface area contributed by atoms with E-state index in [2.05, 4.69) is 10.4 Å². The van der Waals surface area contributed by atoms with Gasteiger partial charge in [-0.2, -0.15) is 5.10 Å². The molecule has 0 fully saturated rings. The van der Waals surface area contributed by atoms with Gasteiger partial charge in [0.15, 0.2) is 0 Å². The first kappa shape index (κ1) is 11.2. The minimum atomic E-state index is -0.944. The van der Waals surface area contributed by atoms with Gasteiger partial charge in [-0.05, 0) is 18.6 Å². The Bertz CT molecular complexity index is 561. The molecule has 1 aromatic heterocycles.